The molecule has 1 aliphatic rings. The Morgan fingerprint density at radius 3 is 2.57 bits per heavy atom. The lowest BCUT2D eigenvalue weighted by atomic mass is 9.89. The van der Waals surface area contributed by atoms with Gasteiger partial charge >= 0.3 is 5.97 Å². The highest BCUT2D eigenvalue weighted by Crippen LogP contribution is 2.28. The molecule has 5 nitrogen and oxygen atoms in total. The Kier molecular flexibility index (Phi) is 3.85. The second-order valence-corrected chi connectivity index (χ2v) is 5.76. The van der Waals surface area contributed by atoms with Crippen LogP contribution in [0.3, 0.4) is 0 Å². The summed E-state index contributed by atoms with van der Waals surface area (Å²) in [5, 5.41) is 2.78. The minimum absolute atomic E-state index is 0.0574. The van der Waals surface area contributed by atoms with E-state index in [2.05, 4.69) is 10.3 Å². The first kappa shape index (κ1) is 15.2. The van der Waals surface area contributed by atoms with Crippen LogP contribution in [0.4, 0.5) is 0 Å². The maximum absolute atomic E-state index is 12.2. The van der Waals surface area contributed by atoms with Gasteiger partial charge in [-0.2, -0.15) is 0 Å². The third-order valence-corrected chi connectivity index (χ3v) is 4.00. The van der Waals surface area contributed by atoms with Crippen LogP contribution in [0.1, 0.15) is 42.3 Å². The molecule has 112 valence electrons. The topological polar surface area (TPSA) is 67.8 Å². The van der Waals surface area contributed by atoms with Crippen LogP contribution in [0.5, 0.6) is 0 Å². The predicted molar refractivity (Wildman–Crippen MR) is 80.4 cm³/mol. The van der Waals surface area contributed by atoms with Crippen molar-refractivity contribution in [1.29, 1.82) is 0 Å². The molecule has 1 atom stereocenters. The largest absolute Gasteiger partial charge is 0.465 e. The van der Waals surface area contributed by atoms with Crippen molar-refractivity contribution in [1.82, 2.24) is 5.32 Å². The van der Waals surface area contributed by atoms with Gasteiger partial charge in [0.1, 0.15) is 11.4 Å². The highest BCUT2D eigenvalue weighted by molar-refractivity contribution is 6.18. The van der Waals surface area contributed by atoms with E-state index in [0.29, 0.717) is 17.0 Å². The van der Waals surface area contributed by atoms with Gasteiger partial charge in [0.05, 0.1) is 12.7 Å². The lowest BCUT2D eigenvalue weighted by Crippen LogP contribution is -2.41. The SMILES string of the molecule is COC(=O)c1cc(C)ccc1C1=NC(C)(C(C)C)C(=O)N1. The van der Waals surface area contributed by atoms with E-state index < -0.39 is 11.5 Å². The van der Waals surface area contributed by atoms with Crippen LogP contribution in [-0.4, -0.2) is 30.4 Å². The summed E-state index contributed by atoms with van der Waals surface area (Å²) in [7, 11) is 1.34. The lowest BCUT2D eigenvalue weighted by Gasteiger charge is -2.21. The molecule has 1 aromatic carbocycles. The summed E-state index contributed by atoms with van der Waals surface area (Å²) in [4.78, 5) is 28.7. The van der Waals surface area contributed by atoms with Crippen LogP contribution in [0.25, 0.3) is 0 Å². The number of carbonyl (C=O) groups excluding carboxylic acids is 2. The normalized spacial score (nSPS) is 21.2. The van der Waals surface area contributed by atoms with Crippen molar-refractivity contribution in [2.24, 2.45) is 10.9 Å². The second-order valence-electron chi connectivity index (χ2n) is 5.76. The number of nitrogens with zero attached hydrogens (tertiary/aromatic N) is 1. The van der Waals surface area contributed by atoms with Gasteiger partial charge in [-0.1, -0.05) is 31.5 Å². The summed E-state index contributed by atoms with van der Waals surface area (Å²) in [6, 6.07) is 5.40. The van der Waals surface area contributed by atoms with Crippen LogP contribution in [0.2, 0.25) is 0 Å². The van der Waals surface area contributed by atoms with E-state index in [9.17, 15) is 9.59 Å². The molecule has 0 saturated carbocycles. The Hall–Kier alpha value is -2.17. The van der Waals surface area contributed by atoms with Gasteiger partial charge < -0.3 is 10.1 Å². The van der Waals surface area contributed by atoms with Gasteiger partial charge in [-0.25, -0.2) is 4.79 Å². The van der Waals surface area contributed by atoms with Gasteiger partial charge in [-0.15, -0.1) is 0 Å². The van der Waals surface area contributed by atoms with Crippen molar-refractivity contribution in [2.45, 2.75) is 33.2 Å². The van der Waals surface area contributed by atoms with Crippen molar-refractivity contribution in [2.75, 3.05) is 7.11 Å². The molecule has 0 spiro atoms. The maximum Gasteiger partial charge on any atom is 0.338 e. The van der Waals surface area contributed by atoms with Crippen molar-refractivity contribution in [3.05, 3.63) is 34.9 Å². The summed E-state index contributed by atoms with van der Waals surface area (Å²) in [5.74, 6) is -0.105. The molecule has 0 radical (unpaired) electrons. The van der Waals surface area contributed by atoms with Crippen molar-refractivity contribution in [3.8, 4) is 0 Å². The van der Waals surface area contributed by atoms with E-state index in [1.54, 1.807) is 19.1 Å². The minimum atomic E-state index is -0.812. The quantitative estimate of drug-likeness (QED) is 0.866. The molecule has 1 N–H and O–H groups in total. The van der Waals surface area contributed by atoms with Gasteiger partial charge in [-0.3, -0.25) is 9.79 Å². The number of aliphatic imine (C=N–C) groups is 1. The minimum Gasteiger partial charge on any atom is -0.465 e. The first-order chi connectivity index (χ1) is 9.79. The first-order valence-corrected chi connectivity index (χ1v) is 6.90. The number of esters is 1. The lowest BCUT2D eigenvalue weighted by molar-refractivity contribution is -0.124. The van der Waals surface area contributed by atoms with Crippen LogP contribution in [0, 0.1) is 12.8 Å². The van der Waals surface area contributed by atoms with Gasteiger partial charge in [0.2, 0.25) is 0 Å². The molecule has 0 aromatic heterocycles. The third-order valence-electron chi connectivity index (χ3n) is 4.00. The molecule has 1 amide bonds. The molecule has 0 saturated heterocycles. The predicted octanol–water partition coefficient (Wildman–Crippen LogP) is 2.07. The van der Waals surface area contributed by atoms with Crippen molar-refractivity contribution >= 4 is 17.7 Å². The number of methoxy groups -OCH3 is 1. The summed E-state index contributed by atoms with van der Waals surface area (Å²) < 4.78 is 4.81. The molecule has 1 aliphatic heterocycles. The van der Waals surface area contributed by atoms with E-state index in [1.165, 1.54) is 7.11 Å². The Balaban J connectivity index is 2.54. The van der Waals surface area contributed by atoms with E-state index in [-0.39, 0.29) is 11.8 Å². The number of carbonyl (C=O) groups is 2. The van der Waals surface area contributed by atoms with Crippen LogP contribution < -0.4 is 5.32 Å². The van der Waals surface area contributed by atoms with Gasteiger partial charge in [-0.05, 0) is 25.8 Å². The van der Waals surface area contributed by atoms with E-state index >= 15 is 0 Å². The molecule has 5 heteroatoms. The molecule has 0 bridgehead atoms. The van der Waals surface area contributed by atoms with Crippen LogP contribution in [-0.2, 0) is 9.53 Å². The Bertz CT molecular complexity index is 634. The first-order valence-electron chi connectivity index (χ1n) is 6.90. The fourth-order valence-corrected chi connectivity index (χ4v) is 2.21. The average Bonchev–Trinajstić information content (AvgIpc) is 2.75. The van der Waals surface area contributed by atoms with Crippen LogP contribution in [0.15, 0.2) is 23.2 Å². The standard InChI is InChI=1S/C16H20N2O3/c1-9(2)16(4)15(20)17-13(18-16)11-7-6-10(3)8-12(11)14(19)21-5/h6-9H,1-5H3,(H,17,18,20). The van der Waals surface area contributed by atoms with Gasteiger partial charge in [0.25, 0.3) is 5.91 Å². The summed E-state index contributed by atoms with van der Waals surface area (Å²) in [5.41, 5.74) is 1.12. The smallest absolute Gasteiger partial charge is 0.338 e. The molecular formula is C16H20N2O3. The number of benzene rings is 1. The highest BCUT2D eigenvalue weighted by Gasteiger charge is 2.42. The summed E-state index contributed by atoms with van der Waals surface area (Å²) >= 11 is 0. The van der Waals surface area contributed by atoms with Crippen molar-refractivity contribution < 1.29 is 14.3 Å². The number of rotatable bonds is 3. The Morgan fingerprint density at radius 1 is 1.38 bits per heavy atom. The molecule has 0 aliphatic carbocycles. The van der Waals surface area contributed by atoms with E-state index in [4.69, 9.17) is 4.74 Å². The Morgan fingerprint density at radius 2 is 2.05 bits per heavy atom. The number of nitrogens with one attached hydrogen (secondary N) is 1. The number of ether oxygens (including phenoxy) is 1. The third kappa shape index (κ3) is 2.55. The average molecular weight is 288 g/mol. The van der Waals surface area contributed by atoms with Crippen LogP contribution >= 0.6 is 0 Å². The molecule has 0 fully saturated rings. The van der Waals surface area contributed by atoms with Crippen molar-refractivity contribution in [3.63, 3.8) is 0 Å². The number of hydrogen-bond acceptors (Lipinski definition) is 4. The molecule has 1 heterocycles. The monoisotopic (exact) mass is 288 g/mol. The Labute approximate surface area is 124 Å². The maximum atomic E-state index is 12.2. The fourth-order valence-electron chi connectivity index (χ4n) is 2.21. The number of hydrogen-bond donors (Lipinski definition) is 1. The number of amides is 1. The van der Waals surface area contributed by atoms with E-state index in [1.807, 2.05) is 26.8 Å². The highest BCUT2D eigenvalue weighted by atomic mass is 16.5. The molecule has 1 aromatic rings. The second kappa shape index (κ2) is 5.31. The number of amidine groups is 1. The summed E-state index contributed by atoms with van der Waals surface area (Å²) in [6.45, 7) is 7.58. The zero-order valence-electron chi connectivity index (χ0n) is 13.0. The van der Waals surface area contributed by atoms with E-state index in [0.717, 1.165) is 5.56 Å². The fraction of sp³-hybridized carbons (Fsp3) is 0.438. The van der Waals surface area contributed by atoms with Gasteiger partial charge in [0, 0.05) is 5.56 Å². The zero-order chi connectivity index (χ0) is 15.8. The molecular weight excluding hydrogens is 268 g/mol. The molecule has 2 rings (SSSR count). The molecule has 1 unspecified atom stereocenters. The zero-order valence-corrected chi connectivity index (χ0v) is 13.0. The number of aryl methyl sites for hydroxylation is 1. The van der Waals surface area contributed by atoms with Gasteiger partial charge in [0.15, 0.2) is 0 Å². The summed E-state index contributed by atoms with van der Waals surface area (Å²) in [6.07, 6.45) is 0. The molecule has 21 heavy (non-hydrogen) atoms.